The van der Waals surface area contributed by atoms with Crippen LogP contribution in [0.1, 0.15) is 26.3 Å². The molecule has 0 radical (unpaired) electrons. The predicted molar refractivity (Wildman–Crippen MR) is 154 cm³/mol. The molecule has 0 heterocycles. The standard InChI is InChI=1S/C21H21I4NO6/c1-21(2,3)32-20(29)26-16(19(28)30-4)7-10-5-14(24)18(15(25)6-10)31-11-8-12(22)17(27)13(23)9-11/h5-6,8-9,16,27H,7H2,1-4H3,(H,26,29)/t16-/m0/s1/i5+1,6+1,7+1,10+1,14+1,15+1,16+1,18+1,19+1,26+1. The number of ether oxygens (including phenoxy) is 3. The molecule has 0 aliphatic rings. The van der Waals surface area contributed by atoms with E-state index in [2.05, 4.69) is 95.7 Å². The molecule has 2 aromatic rings. The Labute approximate surface area is 241 Å². The van der Waals surface area contributed by atoms with Gasteiger partial charge in [0.25, 0.3) is 0 Å². The van der Waals surface area contributed by atoms with Crippen LogP contribution in [0.5, 0.6) is 17.2 Å². The van der Waals surface area contributed by atoms with Gasteiger partial charge >= 0.3 is 12.1 Å². The molecule has 11 heteroatoms. The summed E-state index contributed by atoms with van der Waals surface area (Å²) in [5.41, 5.74) is 0.144. The quantitative estimate of drug-likeness (QED) is 0.155. The maximum absolute atomic E-state index is 12.2. The maximum atomic E-state index is 12.2. The van der Waals surface area contributed by atoms with Gasteiger partial charge in [-0.05, 0) is 141 Å². The van der Waals surface area contributed by atoms with Gasteiger partial charge in [-0.1, -0.05) is 0 Å². The topological polar surface area (TPSA) is 94.1 Å². The van der Waals surface area contributed by atoms with Crippen molar-refractivity contribution in [2.24, 2.45) is 0 Å². The van der Waals surface area contributed by atoms with Crippen LogP contribution in [0.4, 0.5) is 4.79 Å². The second kappa shape index (κ2) is 11.9. The summed E-state index contributed by atoms with van der Waals surface area (Å²) in [5, 5.41) is 12.6. The highest BCUT2D eigenvalue weighted by atomic mass is 127. The van der Waals surface area contributed by atoms with E-state index in [1.54, 1.807) is 32.9 Å². The van der Waals surface area contributed by atoms with Crippen LogP contribution in [-0.2, 0) is 20.7 Å². The zero-order valence-corrected chi connectivity index (χ0v) is 26.2. The number of benzene rings is 2. The second-order valence-electron chi connectivity index (χ2n) is 7.65. The minimum atomic E-state index is -0.895. The lowest BCUT2D eigenvalue weighted by atomic mass is 10.2. The third-order valence-corrected chi connectivity index (χ3v) is 7.13. The van der Waals surface area contributed by atoms with Crippen LogP contribution in [0.3, 0.4) is 0 Å². The molecular formula is C21H21I4NO6. The number of alkyl carbamates (subject to hydrolysis) is 1. The number of aromatic hydroxyl groups is 1. The lowest BCUT2D eigenvalue weighted by molar-refractivity contribution is -0.143. The van der Waals surface area contributed by atoms with Crippen LogP contribution >= 0.6 is 90.4 Å². The molecule has 1 atom stereocenters. The van der Waals surface area contributed by atoms with E-state index in [9.17, 15) is 14.7 Å². The number of phenolic OH excluding ortho intramolecular Hbond substituents is 1. The molecule has 0 aromatic heterocycles. The van der Waals surface area contributed by atoms with E-state index in [1.807, 2.05) is 12.1 Å². The number of esters is 1. The first-order valence-electron chi connectivity index (χ1n) is 9.22. The van der Waals surface area contributed by atoms with Gasteiger partial charge in [-0.3, -0.25) is 0 Å². The maximum Gasteiger partial charge on any atom is 0.408 e. The predicted octanol–water partition coefficient (Wildman–Crippen LogP) is 6.21. The lowest BCUT2D eigenvalue weighted by Gasteiger charge is -2.23. The van der Waals surface area contributed by atoms with Gasteiger partial charge in [0.2, 0.25) is 0 Å². The van der Waals surface area contributed by atoms with Crippen molar-refractivity contribution in [1.29, 1.82) is 0 Å². The summed E-state index contributed by atoms with van der Waals surface area (Å²) in [6.45, 7) is 5.25. The number of hydrogen-bond acceptors (Lipinski definition) is 6. The number of amides is 1. The van der Waals surface area contributed by atoms with Gasteiger partial charge in [-0.25, -0.2) is 9.59 Å². The van der Waals surface area contributed by atoms with Crippen molar-refractivity contribution in [2.45, 2.75) is 38.8 Å². The fraction of sp³-hybridized carbons (Fsp3) is 0.333. The molecule has 32 heavy (non-hydrogen) atoms. The molecule has 0 spiro atoms. The summed E-state index contributed by atoms with van der Waals surface area (Å²) < 4.78 is 19.3. The molecule has 0 aliphatic heterocycles. The number of phenols is 1. The van der Waals surface area contributed by atoms with Crippen LogP contribution < -0.4 is 10.1 Å². The third kappa shape index (κ3) is 8.18. The Balaban J connectivity index is 2.25. The van der Waals surface area contributed by atoms with E-state index in [1.165, 1.54) is 7.11 Å². The minimum absolute atomic E-state index is 0.227. The summed E-state index contributed by atoms with van der Waals surface area (Å²) in [4.78, 5) is 24.4. The minimum Gasteiger partial charge on any atom is -0.506 e. The van der Waals surface area contributed by atoms with Crippen molar-refractivity contribution in [2.75, 3.05) is 7.11 Å². The molecule has 2 rings (SSSR count). The summed E-state index contributed by atoms with van der Waals surface area (Å²) in [7, 11) is 1.27. The number of halogens is 4. The average Bonchev–Trinajstić information content (AvgIpc) is 2.66. The average molecular weight is 901 g/mol. The molecule has 0 unspecified atom stereocenters. The van der Waals surface area contributed by atoms with E-state index in [0.29, 0.717) is 18.6 Å². The van der Waals surface area contributed by atoms with Crippen LogP contribution in [0, 0.1) is 14.3 Å². The zero-order valence-electron chi connectivity index (χ0n) is 17.6. The Bertz CT molecular complexity index is 976. The van der Waals surface area contributed by atoms with Gasteiger partial charge < -0.3 is 24.6 Å². The molecule has 0 fully saturated rings. The summed E-state index contributed by atoms with van der Waals surface area (Å²) >= 11 is 8.44. The first kappa shape index (κ1) is 27.9. The van der Waals surface area contributed by atoms with Gasteiger partial charge in [0.05, 0.1) is 21.4 Å². The van der Waals surface area contributed by atoms with Crippen molar-refractivity contribution in [1.82, 2.24) is 5.32 Å². The Morgan fingerprint density at radius 1 is 1.00 bits per heavy atom. The largest absolute Gasteiger partial charge is 0.506 e. The lowest BCUT2D eigenvalue weighted by Crippen LogP contribution is -2.45. The Hall–Kier alpha value is -0.300. The molecule has 0 aliphatic carbocycles. The number of carbonyl (C=O) groups is 2. The zero-order chi connectivity index (χ0) is 24.2. The number of methoxy groups -OCH3 is 1. The van der Waals surface area contributed by atoms with Gasteiger partial charge in [0.15, 0.2) is 5.75 Å². The smallest absolute Gasteiger partial charge is 0.408 e. The highest BCUT2D eigenvalue weighted by Gasteiger charge is 2.26. The first-order valence-corrected chi connectivity index (χ1v) is 13.5. The van der Waals surface area contributed by atoms with Crippen molar-refractivity contribution < 1.29 is 28.9 Å². The molecule has 0 saturated carbocycles. The molecule has 0 bridgehead atoms. The molecule has 1 amide bonds. The molecule has 7 nitrogen and oxygen atoms in total. The van der Waals surface area contributed by atoms with E-state index in [0.717, 1.165) is 12.7 Å². The van der Waals surface area contributed by atoms with E-state index >= 15 is 0 Å². The summed E-state index contributed by atoms with van der Waals surface area (Å²) in [5.74, 6) is 0.945. The fourth-order valence-corrected chi connectivity index (χ4v) is 6.40. The van der Waals surface area contributed by atoms with Gasteiger partial charge in [0, 0.05) is 6.42 Å². The third-order valence-electron chi connectivity index (χ3n) is 3.88. The molecular weight excluding hydrogens is 880 g/mol. The molecule has 2 aromatic carbocycles. The van der Waals surface area contributed by atoms with Gasteiger partial charge in [0.1, 0.15) is 23.1 Å². The Morgan fingerprint density at radius 2 is 1.53 bits per heavy atom. The van der Waals surface area contributed by atoms with E-state index in [-0.39, 0.29) is 12.2 Å². The van der Waals surface area contributed by atoms with Crippen LogP contribution in [0.25, 0.3) is 0 Å². The van der Waals surface area contributed by atoms with E-state index in [4.69, 9.17) is 14.2 Å². The van der Waals surface area contributed by atoms with Crippen molar-refractivity contribution in [3.63, 3.8) is 0 Å². The van der Waals surface area contributed by atoms with Crippen LogP contribution in [0.2, 0.25) is 0 Å². The summed E-state index contributed by atoms with van der Waals surface area (Å²) in [6.07, 6.45) is -0.457. The first-order chi connectivity index (χ1) is 14.8. The molecule has 174 valence electrons. The summed E-state index contributed by atoms with van der Waals surface area (Å²) in [6, 6.07) is 6.41. The molecule has 0 saturated heterocycles. The highest BCUT2D eigenvalue weighted by molar-refractivity contribution is 14.1. The Kier molecular flexibility index (Phi) is 10.4. The van der Waals surface area contributed by atoms with Crippen molar-refractivity contribution in [3.8, 4) is 17.2 Å². The van der Waals surface area contributed by atoms with Gasteiger partial charge in [-0.15, -0.1) is 0 Å². The van der Waals surface area contributed by atoms with Gasteiger partial charge in [-0.2, -0.15) is 0 Å². The fourth-order valence-electron chi connectivity index (χ4n) is 2.57. The number of carbonyl (C=O) groups excluding carboxylic acids is 2. The van der Waals surface area contributed by atoms with Crippen molar-refractivity contribution >= 4 is 102 Å². The number of hydrogen-bond donors (Lipinski definition) is 2. The monoisotopic (exact) mass is 901 g/mol. The van der Waals surface area contributed by atoms with Crippen LogP contribution in [0.15, 0.2) is 24.3 Å². The van der Waals surface area contributed by atoms with E-state index < -0.39 is 23.7 Å². The highest BCUT2D eigenvalue weighted by Crippen LogP contribution is 2.37. The SMILES string of the molecule is CO[13C](=O)[13C@H]([13CH2][13c]1[13cH][13c](I)[13c](Oc2cc(I)c(O)c(I)c2)[13c](I)[13cH]1)[15NH]C(=O)OC(C)(C)C. The Morgan fingerprint density at radius 3 is 2.00 bits per heavy atom. The number of nitrogens with one attached hydrogen (secondary N) is 1. The van der Waals surface area contributed by atoms with Crippen LogP contribution in [-0.4, -0.2) is 35.9 Å². The molecule has 2 N–H and O–H groups in total. The van der Waals surface area contributed by atoms with Crippen molar-refractivity contribution in [3.05, 3.63) is 44.1 Å². The second-order valence-corrected chi connectivity index (χ2v) is 12.3. The number of rotatable bonds is 6. The normalized spacial score (nSPS) is 12.1.